The number of alkyl halides is 1. The van der Waals surface area contributed by atoms with Crippen LogP contribution in [0.3, 0.4) is 0 Å². The Labute approximate surface area is 108 Å². The van der Waals surface area contributed by atoms with Gasteiger partial charge >= 0.3 is 0 Å². The number of hydrogen-bond donors (Lipinski definition) is 0. The van der Waals surface area contributed by atoms with Crippen LogP contribution in [0.25, 0.3) is 0 Å². The van der Waals surface area contributed by atoms with Crippen molar-refractivity contribution in [1.82, 2.24) is 0 Å². The molecule has 2 rings (SSSR count). The third kappa shape index (κ3) is 2.83. The zero-order valence-electron chi connectivity index (χ0n) is 9.10. The van der Waals surface area contributed by atoms with E-state index in [0.29, 0.717) is 4.83 Å². The Morgan fingerprint density at radius 2 is 2.29 bits per heavy atom. The highest BCUT2D eigenvalue weighted by Gasteiger charge is 2.29. The molecule has 0 heterocycles. The van der Waals surface area contributed by atoms with E-state index in [0.717, 1.165) is 17.9 Å². The van der Waals surface area contributed by atoms with Crippen molar-refractivity contribution in [3.05, 3.63) is 39.4 Å². The number of nitro groups is 1. The molecule has 1 unspecified atom stereocenters. The summed E-state index contributed by atoms with van der Waals surface area (Å²) in [7, 11) is 0. The maximum atomic E-state index is 10.7. The standard InChI is InChI=1S/C12H11BrN2O2/c13-11(9-2-3-9)6-8-1-4-12(15(16)17)10(5-8)7-14/h1,4-5,9,11H,2-3,6H2. The van der Waals surface area contributed by atoms with Crippen LogP contribution >= 0.6 is 15.9 Å². The molecule has 1 aliphatic carbocycles. The number of halogens is 1. The number of rotatable bonds is 4. The van der Waals surface area contributed by atoms with Crippen LogP contribution in [0.4, 0.5) is 5.69 Å². The van der Waals surface area contributed by atoms with E-state index < -0.39 is 4.92 Å². The molecular weight excluding hydrogens is 284 g/mol. The molecule has 0 N–H and O–H groups in total. The van der Waals surface area contributed by atoms with Crippen molar-refractivity contribution in [3.63, 3.8) is 0 Å². The lowest BCUT2D eigenvalue weighted by Gasteiger charge is -2.08. The van der Waals surface area contributed by atoms with Gasteiger partial charge in [-0.1, -0.05) is 22.0 Å². The first kappa shape index (κ1) is 12.1. The Morgan fingerprint density at radius 3 is 2.82 bits per heavy atom. The van der Waals surface area contributed by atoms with E-state index in [-0.39, 0.29) is 11.3 Å². The van der Waals surface area contributed by atoms with Gasteiger partial charge in [0, 0.05) is 10.9 Å². The first-order valence-corrected chi connectivity index (χ1v) is 6.35. The molecule has 4 nitrogen and oxygen atoms in total. The molecule has 1 atom stereocenters. The Morgan fingerprint density at radius 1 is 1.59 bits per heavy atom. The van der Waals surface area contributed by atoms with Gasteiger partial charge < -0.3 is 0 Å². The van der Waals surface area contributed by atoms with E-state index >= 15 is 0 Å². The van der Waals surface area contributed by atoms with Gasteiger partial charge in [0.25, 0.3) is 5.69 Å². The van der Waals surface area contributed by atoms with Crippen LogP contribution in [-0.2, 0) is 6.42 Å². The third-order valence-corrected chi connectivity index (χ3v) is 4.01. The van der Waals surface area contributed by atoms with Gasteiger partial charge in [0.1, 0.15) is 11.6 Å². The van der Waals surface area contributed by atoms with Gasteiger partial charge in [0.2, 0.25) is 0 Å². The van der Waals surface area contributed by atoms with Crippen LogP contribution in [0.5, 0.6) is 0 Å². The zero-order chi connectivity index (χ0) is 12.4. The van der Waals surface area contributed by atoms with Crippen LogP contribution < -0.4 is 0 Å². The molecule has 17 heavy (non-hydrogen) atoms. The van der Waals surface area contributed by atoms with E-state index in [9.17, 15) is 10.1 Å². The largest absolute Gasteiger partial charge is 0.287 e. The van der Waals surface area contributed by atoms with Crippen LogP contribution in [0.15, 0.2) is 18.2 Å². The molecule has 0 aliphatic heterocycles. The molecule has 1 aliphatic rings. The van der Waals surface area contributed by atoms with Crippen molar-refractivity contribution in [2.24, 2.45) is 5.92 Å². The van der Waals surface area contributed by atoms with Gasteiger partial charge in [-0.05, 0) is 36.8 Å². The number of benzene rings is 1. The van der Waals surface area contributed by atoms with Crippen molar-refractivity contribution in [2.45, 2.75) is 24.1 Å². The maximum Gasteiger partial charge on any atom is 0.287 e. The molecule has 0 saturated heterocycles. The lowest BCUT2D eigenvalue weighted by Crippen LogP contribution is -2.05. The number of nitriles is 1. The fourth-order valence-electron chi connectivity index (χ4n) is 1.81. The molecule has 1 aromatic carbocycles. The van der Waals surface area contributed by atoms with Crippen LogP contribution in [-0.4, -0.2) is 9.75 Å². The van der Waals surface area contributed by atoms with Gasteiger partial charge in [0.15, 0.2) is 0 Å². The van der Waals surface area contributed by atoms with Crippen molar-refractivity contribution in [3.8, 4) is 6.07 Å². The summed E-state index contributed by atoms with van der Waals surface area (Å²) in [5.74, 6) is 0.718. The highest BCUT2D eigenvalue weighted by molar-refractivity contribution is 9.09. The van der Waals surface area contributed by atoms with E-state index in [1.807, 2.05) is 6.07 Å². The zero-order valence-corrected chi connectivity index (χ0v) is 10.7. The van der Waals surface area contributed by atoms with Gasteiger partial charge in [-0.25, -0.2) is 0 Å². The van der Waals surface area contributed by atoms with Crippen molar-refractivity contribution < 1.29 is 4.92 Å². The summed E-state index contributed by atoms with van der Waals surface area (Å²) in [5, 5.41) is 19.6. The fourth-order valence-corrected chi connectivity index (χ4v) is 2.71. The third-order valence-electron chi connectivity index (χ3n) is 2.94. The average molecular weight is 295 g/mol. The molecule has 88 valence electrons. The summed E-state index contributed by atoms with van der Waals surface area (Å²) >= 11 is 3.62. The summed E-state index contributed by atoms with van der Waals surface area (Å²) in [5.41, 5.74) is 0.998. The quantitative estimate of drug-likeness (QED) is 0.486. The Kier molecular flexibility index (Phi) is 3.43. The Hall–Kier alpha value is -1.41. The van der Waals surface area contributed by atoms with E-state index in [1.54, 1.807) is 12.1 Å². The topological polar surface area (TPSA) is 66.9 Å². The molecule has 0 aromatic heterocycles. The molecule has 1 fully saturated rings. The SMILES string of the molecule is N#Cc1cc(CC(Br)C2CC2)ccc1[N+](=O)[O-]. The summed E-state index contributed by atoms with van der Waals surface area (Å²) in [6.45, 7) is 0. The summed E-state index contributed by atoms with van der Waals surface area (Å²) in [6, 6.07) is 6.65. The molecule has 0 spiro atoms. The predicted octanol–water partition coefficient (Wildman–Crippen LogP) is 3.18. The second-order valence-electron chi connectivity index (χ2n) is 4.28. The molecule has 0 radical (unpaired) electrons. The normalized spacial score (nSPS) is 16.2. The predicted molar refractivity (Wildman–Crippen MR) is 67.0 cm³/mol. The highest BCUT2D eigenvalue weighted by atomic mass is 79.9. The number of hydrogen-bond acceptors (Lipinski definition) is 3. The lowest BCUT2D eigenvalue weighted by atomic mass is 10.0. The fraction of sp³-hybridized carbons (Fsp3) is 0.417. The molecule has 1 saturated carbocycles. The minimum Gasteiger partial charge on any atom is -0.258 e. The minimum absolute atomic E-state index is 0.117. The molecule has 1 aromatic rings. The summed E-state index contributed by atoms with van der Waals surface area (Å²) in [6.07, 6.45) is 3.30. The molecule has 5 heteroatoms. The van der Waals surface area contributed by atoms with E-state index in [4.69, 9.17) is 5.26 Å². The average Bonchev–Trinajstić information content (AvgIpc) is 3.12. The molecule has 0 amide bonds. The van der Waals surface area contributed by atoms with E-state index in [1.165, 1.54) is 18.9 Å². The molecular formula is C12H11BrN2O2. The highest BCUT2D eigenvalue weighted by Crippen LogP contribution is 2.38. The summed E-state index contributed by atoms with van der Waals surface area (Å²) < 4.78 is 0. The minimum atomic E-state index is -0.519. The van der Waals surface area contributed by atoms with Gasteiger partial charge in [-0.15, -0.1) is 0 Å². The number of nitrogens with zero attached hydrogens (tertiary/aromatic N) is 2. The monoisotopic (exact) mass is 294 g/mol. The Bertz CT molecular complexity index is 492. The maximum absolute atomic E-state index is 10.7. The van der Waals surface area contributed by atoms with Crippen molar-refractivity contribution >= 4 is 21.6 Å². The number of nitro benzene ring substituents is 1. The smallest absolute Gasteiger partial charge is 0.258 e. The van der Waals surface area contributed by atoms with Gasteiger partial charge in [-0.2, -0.15) is 5.26 Å². The van der Waals surface area contributed by atoms with Gasteiger partial charge in [-0.3, -0.25) is 10.1 Å². The second-order valence-corrected chi connectivity index (χ2v) is 5.45. The van der Waals surface area contributed by atoms with E-state index in [2.05, 4.69) is 15.9 Å². The first-order chi connectivity index (χ1) is 8.11. The second kappa shape index (κ2) is 4.84. The summed E-state index contributed by atoms with van der Waals surface area (Å²) in [4.78, 5) is 10.6. The first-order valence-electron chi connectivity index (χ1n) is 5.43. The molecule has 0 bridgehead atoms. The van der Waals surface area contributed by atoms with Gasteiger partial charge in [0.05, 0.1) is 4.92 Å². The van der Waals surface area contributed by atoms with Crippen molar-refractivity contribution in [2.75, 3.05) is 0 Å². The lowest BCUT2D eigenvalue weighted by molar-refractivity contribution is -0.385. The van der Waals surface area contributed by atoms with Crippen LogP contribution in [0, 0.1) is 27.4 Å². The Balaban J connectivity index is 2.19. The van der Waals surface area contributed by atoms with Crippen LogP contribution in [0.1, 0.15) is 24.0 Å². The van der Waals surface area contributed by atoms with Crippen LogP contribution in [0.2, 0.25) is 0 Å². The van der Waals surface area contributed by atoms with Crippen molar-refractivity contribution in [1.29, 1.82) is 5.26 Å².